The number of sulfonamides is 1. The highest BCUT2D eigenvalue weighted by Crippen LogP contribution is 2.29. The van der Waals surface area contributed by atoms with E-state index in [1.165, 1.54) is 36.1 Å². The van der Waals surface area contributed by atoms with E-state index < -0.39 is 26.6 Å². The van der Waals surface area contributed by atoms with E-state index in [2.05, 4.69) is 78.0 Å². The van der Waals surface area contributed by atoms with Crippen LogP contribution >= 0.6 is 23.4 Å². The summed E-state index contributed by atoms with van der Waals surface area (Å²) < 4.78 is 54.8. The second-order valence-electron chi connectivity index (χ2n) is 17.5. The quantitative estimate of drug-likeness (QED) is 0.0651. The highest BCUT2D eigenvalue weighted by atomic mass is 35.5. The molecule has 1 amide bonds. The van der Waals surface area contributed by atoms with Gasteiger partial charge in [0.25, 0.3) is 15.9 Å². The summed E-state index contributed by atoms with van der Waals surface area (Å²) in [5.41, 5.74) is 5.02. The van der Waals surface area contributed by atoms with Crippen molar-refractivity contribution in [1.82, 2.24) is 24.3 Å². The molecule has 3 heterocycles. The lowest BCUT2D eigenvalue weighted by atomic mass is 9.99. The van der Waals surface area contributed by atoms with Crippen molar-refractivity contribution in [2.24, 2.45) is 0 Å². The molecule has 0 saturated carbocycles. The Hall–Kier alpha value is -4.45. The maximum absolute atomic E-state index is 13.6. The molecule has 0 aromatic heterocycles. The number of amides is 1. The zero-order valence-electron chi connectivity index (χ0n) is 37.4. The van der Waals surface area contributed by atoms with Gasteiger partial charge in [0.1, 0.15) is 0 Å². The molecule has 3 aliphatic rings. The van der Waals surface area contributed by atoms with Crippen LogP contribution < -0.4 is 14.9 Å². The fraction of sp³-hybridized carbons (Fsp3) is 0.380. The second-order valence-corrected chi connectivity index (χ2v) is 21.7. The molecule has 350 valence electrons. The van der Waals surface area contributed by atoms with Crippen LogP contribution in [0.5, 0.6) is 0 Å². The average molecular weight is 971 g/mol. The molecule has 3 aliphatic heterocycles. The molecule has 3 saturated heterocycles. The maximum atomic E-state index is 13.6. The van der Waals surface area contributed by atoms with E-state index in [1.54, 1.807) is 23.9 Å². The molecule has 1 atom stereocenters. The minimum Gasteiger partial charge on any atom is -0.380 e. The number of thiol groups is 1. The first-order chi connectivity index (χ1) is 32.0. The van der Waals surface area contributed by atoms with Crippen LogP contribution in [0.1, 0.15) is 35.2 Å². The molecule has 5 aromatic carbocycles. The molecule has 2 N–H and O–H groups in total. The third kappa shape index (κ3) is 12.7. The number of carbonyl (C=O) groups is 1. The van der Waals surface area contributed by atoms with Crippen LogP contribution in [0, 0.1) is 0 Å². The highest BCUT2D eigenvalue weighted by molar-refractivity contribution is 7.99. The van der Waals surface area contributed by atoms with Gasteiger partial charge >= 0.3 is 0 Å². The van der Waals surface area contributed by atoms with Gasteiger partial charge in [-0.15, -0.1) is 11.8 Å². The summed E-state index contributed by atoms with van der Waals surface area (Å²) in [4.78, 5) is 26.2. The number of hydrogen-bond donors (Lipinski definition) is 3. The van der Waals surface area contributed by atoms with Crippen LogP contribution in [-0.2, 0) is 27.3 Å². The molecule has 0 spiro atoms. The van der Waals surface area contributed by atoms with Gasteiger partial charge in [0.15, 0.2) is 10.7 Å². The highest BCUT2D eigenvalue weighted by Gasteiger charge is 2.28. The van der Waals surface area contributed by atoms with Gasteiger partial charge in [0.2, 0.25) is 0 Å². The van der Waals surface area contributed by atoms with Crippen LogP contribution in [0.2, 0.25) is 5.02 Å². The van der Waals surface area contributed by atoms with Gasteiger partial charge in [-0.25, -0.2) is 21.6 Å². The average Bonchev–Trinajstić information content (AvgIpc) is 3.34. The lowest BCUT2D eigenvalue weighted by molar-refractivity contribution is 0.0640. The maximum Gasteiger partial charge on any atom is 0.264 e. The van der Waals surface area contributed by atoms with E-state index in [-0.39, 0.29) is 21.4 Å². The molecule has 0 unspecified atom stereocenters. The Morgan fingerprint density at radius 1 is 0.773 bits per heavy atom. The predicted molar refractivity (Wildman–Crippen MR) is 268 cm³/mol. The van der Waals surface area contributed by atoms with E-state index in [0.29, 0.717) is 22.5 Å². The standard InChI is InChI=1S/C50H60ClN7O5S3/c1-54-24-22-44(23-25-54)58-31-27-55(28-32-58)26-21-42(37-64-45-8-3-2-4-9-45)52-48-20-19-46(35-49(48)65(60)61)66(62,63)53-50(59)39-13-17-43(18-14-39)57-33-29-56(30-34-57)36-40-7-5-6-10-47(40)38-11-15-41(51)16-12-38/h2-20,35,42,44,52,65H,21-34,36-37H2,1H3,(H,53,59)/t42-/m1/s1. The van der Waals surface area contributed by atoms with Gasteiger partial charge in [-0.3, -0.25) is 14.6 Å². The summed E-state index contributed by atoms with van der Waals surface area (Å²) >= 11 is 7.83. The Balaban J connectivity index is 0.863. The lowest BCUT2D eigenvalue weighted by Crippen LogP contribution is -2.53. The van der Waals surface area contributed by atoms with Crippen LogP contribution in [0.3, 0.4) is 0 Å². The normalized spacial score (nSPS) is 17.8. The fourth-order valence-electron chi connectivity index (χ4n) is 9.17. The van der Waals surface area contributed by atoms with Crippen LogP contribution in [-0.4, -0.2) is 139 Å². The second kappa shape index (κ2) is 22.6. The Labute approximate surface area is 401 Å². The van der Waals surface area contributed by atoms with Gasteiger partial charge in [-0.05, 0) is 123 Å². The molecular weight excluding hydrogens is 910 g/mol. The summed E-state index contributed by atoms with van der Waals surface area (Å²) in [7, 11) is -5.40. The van der Waals surface area contributed by atoms with E-state index in [4.69, 9.17) is 11.6 Å². The van der Waals surface area contributed by atoms with Crippen LogP contribution in [0.25, 0.3) is 11.1 Å². The van der Waals surface area contributed by atoms with E-state index in [1.807, 2.05) is 54.6 Å². The van der Waals surface area contributed by atoms with Crippen molar-refractivity contribution in [3.05, 3.63) is 137 Å². The summed E-state index contributed by atoms with van der Waals surface area (Å²) in [6.07, 6.45) is 3.21. The zero-order valence-corrected chi connectivity index (χ0v) is 40.7. The third-order valence-electron chi connectivity index (χ3n) is 13.1. The van der Waals surface area contributed by atoms with Crippen molar-refractivity contribution in [3.8, 4) is 11.1 Å². The zero-order chi connectivity index (χ0) is 46.0. The SMILES string of the molecule is CN1CCC(N2CCN(CC[C@H](CSc3ccccc3)Nc3ccc(S(=O)(=O)NC(=O)c4ccc(N5CCN(Cc6ccccc6-c6ccc(Cl)cc6)CC5)cc4)cc3[SH](=O)=O)CC2)CC1. The number of carbonyl (C=O) groups excluding carboxylic acids is 1. The first kappa shape index (κ1) is 48.0. The molecule has 0 aliphatic carbocycles. The molecule has 66 heavy (non-hydrogen) atoms. The molecule has 12 nitrogen and oxygen atoms in total. The van der Waals surface area contributed by atoms with Gasteiger partial charge < -0.3 is 20.0 Å². The minimum atomic E-state index is -4.41. The molecule has 16 heteroatoms. The molecule has 5 aromatic rings. The van der Waals surface area contributed by atoms with E-state index in [9.17, 15) is 21.6 Å². The summed E-state index contributed by atoms with van der Waals surface area (Å²) in [6, 6.07) is 37.8. The Morgan fingerprint density at radius 2 is 1.44 bits per heavy atom. The van der Waals surface area contributed by atoms with E-state index in [0.717, 1.165) is 107 Å². The Kier molecular flexibility index (Phi) is 16.4. The number of nitrogens with zero attached hydrogens (tertiary/aromatic N) is 5. The smallest absolute Gasteiger partial charge is 0.264 e. The van der Waals surface area contributed by atoms with Crippen molar-refractivity contribution in [3.63, 3.8) is 0 Å². The number of piperazine rings is 2. The summed E-state index contributed by atoms with van der Waals surface area (Å²) in [5, 5.41) is 4.18. The first-order valence-corrected chi connectivity index (χ1v) is 26.9. The largest absolute Gasteiger partial charge is 0.380 e. The summed E-state index contributed by atoms with van der Waals surface area (Å²) in [6.45, 7) is 11.3. The number of piperidine rings is 1. The number of benzene rings is 5. The molecule has 3 fully saturated rings. The predicted octanol–water partition coefficient (Wildman–Crippen LogP) is 7.09. The minimum absolute atomic E-state index is 0.104. The van der Waals surface area contributed by atoms with Crippen molar-refractivity contribution >= 4 is 61.4 Å². The molecule has 8 rings (SSSR count). The third-order valence-corrected chi connectivity index (χ3v) is 16.6. The van der Waals surface area contributed by atoms with Crippen molar-refractivity contribution in [2.45, 2.75) is 52.6 Å². The lowest BCUT2D eigenvalue weighted by Gasteiger charge is -2.42. The number of halogens is 1. The Bertz CT molecular complexity index is 2570. The van der Waals surface area contributed by atoms with Gasteiger partial charge in [0.05, 0.1) is 15.5 Å². The van der Waals surface area contributed by atoms with Gasteiger partial charge in [-0.1, -0.05) is 66.2 Å². The fourth-order valence-corrected chi connectivity index (χ4v) is 12.0. The van der Waals surface area contributed by atoms with Crippen LogP contribution in [0.15, 0.2) is 136 Å². The van der Waals surface area contributed by atoms with Gasteiger partial charge in [0, 0.05) is 104 Å². The molecule has 0 radical (unpaired) electrons. The van der Waals surface area contributed by atoms with Gasteiger partial charge in [-0.2, -0.15) is 0 Å². The van der Waals surface area contributed by atoms with Crippen molar-refractivity contribution in [1.29, 1.82) is 0 Å². The van der Waals surface area contributed by atoms with Crippen molar-refractivity contribution in [2.75, 3.05) is 95.0 Å². The first-order valence-electron chi connectivity index (χ1n) is 22.8. The van der Waals surface area contributed by atoms with Crippen molar-refractivity contribution < 1.29 is 21.6 Å². The number of rotatable bonds is 17. The van der Waals surface area contributed by atoms with E-state index >= 15 is 0 Å². The number of anilines is 2. The molecule has 0 bridgehead atoms. The summed E-state index contributed by atoms with van der Waals surface area (Å²) in [5.74, 6) is -0.119. The van der Waals surface area contributed by atoms with Crippen LogP contribution in [0.4, 0.5) is 11.4 Å². The Morgan fingerprint density at radius 3 is 2.14 bits per heavy atom. The topological polar surface area (TPSA) is 126 Å². The number of nitrogens with one attached hydrogen (secondary N) is 2. The number of likely N-dealkylation sites (tertiary alicyclic amines) is 1. The monoisotopic (exact) mass is 969 g/mol. The number of thioether (sulfide) groups is 1. The molecular formula is C50H60ClN7O5S3. The number of hydrogen-bond acceptors (Lipinski definition) is 12.